The number of ether oxygens (including phenoxy) is 1. The number of halogens is 1. The maximum atomic E-state index is 10.2. The van der Waals surface area contributed by atoms with Crippen LogP contribution in [-0.4, -0.2) is 10.4 Å². The zero-order chi connectivity index (χ0) is 14.1. The molecule has 2 aromatic carbocycles. The topological polar surface area (TPSA) is 69.4 Å². The van der Waals surface area contributed by atoms with E-state index in [2.05, 4.69) is 4.74 Å². The summed E-state index contributed by atoms with van der Waals surface area (Å²) in [7, 11) is 0. The number of benzene rings is 2. The molecular weight excluding hydrogens is 270 g/mol. The van der Waals surface area contributed by atoms with Gasteiger partial charge in [0.1, 0.15) is 5.75 Å². The first kappa shape index (κ1) is 14.7. The molecule has 6 heteroatoms. The smallest absolute Gasteiger partial charge is 0.409 e. The van der Waals surface area contributed by atoms with Crippen LogP contribution in [0.2, 0.25) is 0 Å². The highest BCUT2D eigenvalue weighted by molar-refractivity contribution is 6.61. The predicted molar refractivity (Wildman–Crippen MR) is 71.4 cm³/mol. The van der Waals surface area contributed by atoms with Crippen molar-refractivity contribution in [3.05, 3.63) is 70.8 Å². The minimum absolute atomic E-state index is 0.0747. The van der Waals surface area contributed by atoms with Crippen molar-refractivity contribution in [1.29, 1.82) is 0 Å². The zero-order valence-corrected chi connectivity index (χ0v) is 10.5. The molecule has 0 saturated carbocycles. The first-order valence-electron chi connectivity index (χ1n) is 5.21. The summed E-state index contributed by atoms with van der Waals surface area (Å²) < 4.78 is 4.45. The third kappa shape index (κ3) is 6.18. The molecule has 5 nitrogen and oxygen atoms in total. The largest absolute Gasteiger partial charge is 0.414 e. The molecule has 0 heterocycles. The summed E-state index contributed by atoms with van der Waals surface area (Å²) in [5.41, 5.74) is -1.05. The van der Waals surface area contributed by atoms with Gasteiger partial charge in [-0.3, -0.25) is 10.1 Å². The van der Waals surface area contributed by atoms with Crippen LogP contribution in [-0.2, 0) is 0 Å². The Morgan fingerprint density at radius 2 is 1.42 bits per heavy atom. The monoisotopic (exact) mass is 279 g/mol. The Bertz CT molecular complexity index is 501. The molecule has 0 saturated heterocycles. The van der Waals surface area contributed by atoms with Gasteiger partial charge in [-0.05, 0) is 12.1 Å². The van der Waals surface area contributed by atoms with Gasteiger partial charge in [0, 0.05) is 23.7 Å². The van der Waals surface area contributed by atoms with Crippen molar-refractivity contribution in [2.45, 2.75) is 0 Å². The summed E-state index contributed by atoms with van der Waals surface area (Å²) in [6.07, 6.45) is 0. The van der Waals surface area contributed by atoms with E-state index in [1.54, 1.807) is 0 Å². The number of nitro groups is 1. The number of nitrogens with zero attached hydrogens (tertiary/aromatic N) is 1. The third-order valence-corrected chi connectivity index (χ3v) is 1.99. The summed E-state index contributed by atoms with van der Waals surface area (Å²) >= 11 is 4.92. The number of hydrogen-bond acceptors (Lipinski definition) is 4. The molecule has 0 amide bonds. The number of rotatable bonds is 2. The van der Waals surface area contributed by atoms with Crippen molar-refractivity contribution < 1.29 is 14.5 Å². The van der Waals surface area contributed by atoms with Crippen LogP contribution in [0, 0.1) is 10.1 Å². The summed E-state index contributed by atoms with van der Waals surface area (Å²) in [4.78, 5) is 19.9. The van der Waals surface area contributed by atoms with Crippen molar-refractivity contribution in [2.24, 2.45) is 0 Å². The molecule has 0 aliphatic rings. The molecule has 0 aliphatic heterocycles. The number of nitro benzene ring substituents is 1. The Balaban J connectivity index is 0.000000250. The van der Waals surface area contributed by atoms with Gasteiger partial charge in [-0.15, -0.1) is 0 Å². The lowest BCUT2D eigenvalue weighted by atomic mass is 10.3. The van der Waals surface area contributed by atoms with Gasteiger partial charge in [0.15, 0.2) is 0 Å². The molecule has 98 valence electrons. The third-order valence-electron chi connectivity index (χ3n) is 1.91. The lowest BCUT2D eigenvalue weighted by Crippen LogP contribution is -1.96. The number of hydrogen-bond donors (Lipinski definition) is 0. The van der Waals surface area contributed by atoms with Crippen LogP contribution >= 0.6 is 11.6 Å². The van der Waals surface area contributed by atoms with E-state index in [1.165, 1.54) is 24.3 Å². The van der Waals surface area contributed by atoms with Crippen LogP contribution in [0.5, 0.6) is 5.75 Å². The van der Waals surface area contributed by atoms with Gasteiger partial charge in [0.25, 0.3) is 5.69 Å². The van der Waals surface area contributed by atoms with Gasteiger partial charge in [-0.25, -0.2) is 4.79 Å². The molecule has 0 aromatic heterocycles. The Morgan fingerprint density at radius 1 is 1.00 bits per heavy atom. The van der Waals surface area contributed by atoms with Crippen molar-refractivity contribution in [3.63, 3.8) is 0 Å². The fraction of sp³-hybridized carbons (Fsp3) is 0. The average Bonchev–Trinajstić information content (AvgIpc) is 2.41. The van der Waals surface area contributed by atoms with Crippen LogP contribution in [0.15, 0.2) is 60.7 Å². The molecule has 2 rings (SSSR count). The molecule has 0 aliphatic carbocycles. The molecule has 0 spiro atoms. The lowest BCUT2D eigenvalue weighted by molar-refractivity contribution is -0.384. The van der Waals surface area contributed by atoms with Crippen LogP contribution < -0.4 is 4.74 Å². The minimum atomic E-state index is -0.978. The van der Waals surface area contributed by atoms with E-state index < -0.39 is 10.4 Å². The predicted octanol–water partition coefficient (Wildman–Crippen LogP) is 4.02. The summed E-state index contributed by atoms with van der Waals surface area (Å²) in [6, 6.07) is 17.0. The van der Waals surface area contributed by atoms with Gasteiger partial charge in [-0.2, -0.15) is 0 Å². The van der Waals surface area contributed by atoms with Gasteiger partial charge >= 0.3 is 5.43 Å². The van der Waals surface area contributed by atoms with Crippen molar-refractivity contribution in [2.75, 3.05) is 0 Å². The van der Waals surface area contributed by atoms with Crippen LogP contribution in [0.3, 0.4) is 0 Å². The Hall–Kier alpha value is -2.40. The number of carbonyl (C=O) groups is 1. The highest BCUT2D eigenvalue weighted by atomic mass is 35.5. The molecule has 0 fully saturated rings. The molecule has 0 bridgehead atoms. The van der Waals surface area contributed by atoms with Gasteiger partial charge in [0.2, 0.25) is 0 Å². The van der Waals surface area contributed by atoms with Crippen molar-refractivity contribution in [1.82, 2.24) is 0 Å². The molecular formula is C13H10ClNO4. The molecule has 0 N–H and O–H groups in total. The van der Waals surface area contributed by atoms with Crippen LogP contribution in [0.4, 0.5) is 10.5 Å². The van der Waals surface area contributed by atoms with Crippen LogP contribution in [0.1, 0.15) is 0 Å². The van der Waals surface area contributed by atoms with E-state index >= 15 is 0 Å². The van der Waals surface area contributed by atoms with E-state index in [0.717, 1.165) is 0 Å². The zero-order valence-electron chi connectivity index (χ0n) is 9.73. The Morgan fingerprint density at radius 3 is 1.74 bits per heavy atom. The van der Waals surface area contributed by atoms with E-state index in [-0.39, 0.29) is 11.4 Å². The minimum Gasteiger partial charge on any atom is -0.414 e. The van der Waals surface area contributed by atoms with E-state index in [9.17, 15) is 14.9 Å². The second kappa shape index (κ2) is 7.84. The second-order valence-corrected chi connectivity index (χ2v) is 3.55. The van der Waals surface area contributed by atoms with Crippen LogP contribution in [0.25, 0.3) is 0 Å². The number of non-ortho nitro benzene ring substituents is 1. The molecule has 19 heavy (non-hydrogen) atoms. The fourth-order valence-corrected chi connectivity index (χ4v) is 1.20. The van der Waals surface area contributed by atoms with E-state index in [4.69, 9.17) is 11.6 Å². The maximum absolute atomic E-state index is 10.2. The van der Waals surface area contributed by atoms with Crippen molar-refractivity contribution in [3.8, 4) is 5.75 Å². The highest BCUT2D eigenvalue weighted by Crippen LogP contribution is 2.17. The van der Waals surface area contributed by atoms with E-state index in [1.807, 2.05) is 36.4 Å². The average molecular weight is 280 g/mol. The first-order valence-corrected chi connectivity index (χ1v) is 5.59. The summed E-state index contributed by atoms with van der Waals surface area (Å²) in [5.74, 6) is 0.172. The summed E-state index contributed by atoms with van der Waals surface area (Å²) in [6.45, 7) is 0. The normalized spacial score (nSPS) is 8.89. The van der Waals surface area contributed by atoms with E-state index in [0.29, 0.717) is 0 Å². The standard InChI is InChI=1S/C7H4ClNO4.C6H6/c8-7(10)13-6-3-1-5(2-4-6)9(11)12;1-2-4-6-5-3-1/h1-4H;1-6H. The second-order valence-electron chi connectivity index (χ2n) is 3.25. The molecule has 0 radical (unpaired) electrons. The fourth-order valence-electron chi connectivity index (χ4n) is 1.11. The molecule has 0 atom stereocenters. The Labute approximate surface area is 114 Å². The SMILES string of the molecule is O=C(Cl)Oc1ccc([N+](=O)[O-])cc1.c1ccccc1. The Kier molecular flexibility index (Phi) is 6.05. The van der Waals surface area contributed by atoms with Crippen molar-refractivity contribution >= 4 is 22.7 Å². The van der Waals surface area contributed by atoms with Gasteiger partial charge in [-0.1, -0.05) is 36.4 Å². The lowest BCUT2D eigenvalue weighted by Gasteiger charge is -1.97. The maximum Gasteiger partial charge on any atom is 0.409 e. The van der Waals surface area contributed by atoms with Gasteiger partial charge in [0.05, 0.1) is 4.92 Å². The number of carbonyl (C=O) groups excluding carboxylic acids is 1. The molecule has 0 unspecified atom stereocenters. The quantitative estimate of drug-likeness (QED) is 0.473. The first-order chi connectivity index (χ1) is 9.09. The summed E-state index contributed by atoms with van der Waals surface area (Å²) in [5, 5.41) is 10.2. The molecule has 2 aromatic rings. The van der Waals surface area contributed by atoms with Gasteiger partial charge < -0.3 is 4.74 Å². The highest BCUT2D eigenvalue weighted by Gasteiger charge is 2.05.